The number of aliphatic hydroxyl groups is 1. The topological polar surface area (TPSA) is 105 Å². The number of amides is 1. The van der Waals surface area contributed by atoms with Crippen molar-refractivity contribution < 1.29 is 19.7 Å². The zero-order chi connectivity index (χ0) is 17.5. The highest BCUT2D eigenvalue weighted by Crippen LogP contribution is 2.23. The average Bonchev–Trinajstić information content (AvgIpc) is 2.54. The van der Waals surface area contributed by atoms with Crippen LogP contribution < -0.4 is 15.8 Å². The number of ether oxygens (including phenoxy) is 1. The molecule has 0 saturated heterocycles. The standard InChI is InChI=1S/C18H22N2O4/c1-12-2-4-13(5-3-12)17(22)11-20-8-9-24-14-6-7-15(18(19)23)16(21)10-14/h2-7,10,17,20-22H,8-9,11H2,1H3,(H2,19,23). The van der Waals surface area contributed by atoms with Gasteiger partial charge in [0, 0.05) is 19.2 Å². The van der Waals surface area contributed by atoms with Crippen LogP contribution in [-0.4, -0.2) is 35.8 Å². The molecule has 24 heavy (non-hydrogen) atoms. The van der Waals surface area contributed by atoms with Crippen molar-refractivity contribution in [2.75, 3.05) is 19.7 Å². The monoisotopic (exact) mass is 330 g/mol. The summed E-state index contributed by atoms with van der Waals surface area (Å²) in [4.78, 5) is 11.0. The van der Waals surface area contributed by atoms with E-state index in [1.54, 1.807) is 6.07 Å². The highest BCUT2D eigenvalue weighted by Gasteiger charge is 2.09. The van der Waals surface area contributed by atoms with Crippen LogP contribution >= 0.6 is 0 Å². The van der Waals surface area contributed by atoms with E-state index >= 15 is 0 Å². The van der Waals surface area contributed by atoms with Gasteiger partial charge in [0.25, 0.3) is 5.91 Å². The summed E-state index contributed by atoms with van der Waals surface area (Å²) in [6.45, 7) is 3.30. The lowest BCUT2D eigenvalue weighted by atomic mass is 10.1. The fraction of sp³-hybridized carbons (Fsp3) is 0.278. The molecule has 0 aliphatic heterocycles. The number of primary amides is 1. The van der Waals surface area contributed by atoms with Crippen LogP contribution in [0.25, 0.3) is 0 Å². The van der Waals surface area contributed by atoms with Crippen LogP contribution in [-0.2, 0) is 0 Å². The van der Waals surface area contributed by atoms with Gasteiger partial charge < -0.3 is 26.0 Å². The second-order valence-corrected chi connectivity index (χ2v) is 5.52. The van der Waals surface area contributed by atoms with E-state index in [-0.39, 0.29) is 11.3 Å². The summed E-state index contributed by atoms with van der Waals surface area (Å²) in [5.41, 5.74) is 7.19. The fourth-order valence-corrected chi connectivity index (χ4v) is 2.20. The Bertz CT molecular complexity index is 686. The minimum Gasteiger partial charge on any atom is -0.507 e. The van der Waals surface area contributed by atoms with Crippen LogP contribution in [0.3, 0.4) is 0 Å². The number of aryl methyl sites for hydroxylation is 1. The Kier molecular flexibility index (Phi) is 6.17. The summed E-state index contributed by atoms with van der Waals surface area (Å²) in [6.07, 6.45) is -0.579. The number of aromatic hydroxyl groups is 1. The SMILES string of the molecule is Cc1ccc(C(O)CNCCOc2ccc(C(N)=O)c(O)c2)cc1. The highest BCUT2D eigenvalue weighted by atomic mass is 16.5. The molecule has 0 aliphatic carbocycles. The molecule has 1 atom stereocenters. The van der Waals surface area contributed by atoms with Crippen LogP contribution in [0.15, 0.2) is 42.5 Å². The Hall–Kier alpha value is -2.57. The van der Waals surface area contributed by atoms with Crippen LogP contribution in [0.4, 0.5) is 0 Å². The summed E-state index contributed by atoms with van der Waals surface area (Å²) in [5, 5.41) is 22.8. The first kappa shape index (κ1) is 17.8. The summed E-state index contributed by atoms with van der Waals surface area (Å²) >= 11 is 0. The number of hydrogen-bond acceptors (Lipinski definition) is 5. The summed E-state index contributed by atoms with van der Waals surface area (Å²) in [7, 11) is 0. The Morgan fingerprint density at radius 3 is 2.58 bits per heavy atom. The minimum absolute atomic E-state index is 0.0571. The molecule has 2 aromatic rings. The molecule has 1 unspecified atom stereocenters. The van der Waals surface area contributed by atoms with Gasteiger partial charge in [-0.2, -0.15) is 0 Å². The maximum atomic E-state index is 11.0. The lowest BCUT2D eigenvalue weighted by Gasteiger charge is -2.13. The molecule has 0 aliphatic rings. The van der Waals surface area contributed by atoms with E-state index in [9.17, 15) is 15.0 Å². The van der Waals surface area contributed by atoms with E-state index in [4.69, 9.17) is 10.5 Å². The number of phenols is 1. The Morgan fingerprint density at radius 2 is 1.96 bits per heavy atom. The normalized spacial score (nSPS) is 11.9. The number of rotatable bonds is 8. The summed E-state index contributed by atoms with van der Waals surface area (Å²) in [5.74, 6) is -0.452. The van der Waals surface area contributed by atoms with Gasteiger partial charge in [0.2, 0.25) is 0 Å². The van der Waals surface area contributed by atoms with Gasteiger partial charge in [-0.15, -0.1) is 0 Å². The van der Waals surface area contributed by atoms with Gasteiger partial charge in [0.1, 0.15) is 18.1 Å². The molecule has 0 saturated carbocycles. The molecule has 0 heterocycles. The molecule has 6 nitrogen and oxygen atoms in total. The molecule has 0 radical (unpaired) electrons. The number of aliphatic hydroxyl groups excluding tert-OH is 1. The molecule has 0 spiro atoms. The second-order valence-electron chi connectivity index (χ2n) is 5.52. The molecular weight excluding hydrogens is 308 g/mol. The minimum atomic E-state index is -0.689. The molecule has 2 aromatic carbocycles. The molecule has 6 heteroatoms. The number of carbonyl (C=O) groups excluding carboxylic acids is 1. The first-order valence-corrected chi connectivity index (χ1v) is 7.68. The van der Waals surface area contributed by atoms with E-state index in [2.05, 4.69) is 5.32 Å². The predicted octanol–water partition coefficient (Wildman–Crippen LogP) is 1.50. The Labute approximate surface area is 140 Å². The van der Waals surface area contributed by atoms with Gasteiger partial charge in [-0.25, -0.2) is 0 Å². The van der Waals surface area contributed by atoms with Gasteiger partial charge >= 0.3 is 0 Å². The largest absolute Gasteiger partial charge is 0.507 e. The number of nitrogens with two attached hydrogens (primary N) is 1. The van der Waals surface area contributed by atoms with E-state index in [0.717, 1.165) is 11.1 Å². The zero-order valence-corrected chi connectivity index (χ0v) is 13.5. The first-order valence-electron chi connectivity index (χ1n) is 7.68. The van der Waals surface area contributed by atoms with Gasteiger partial charge in [0.15, 0.2) is 0 Å². The predicted molar refractivity (Wildman–Crippen MR) is 91.1 cm³/mol. The van der Waals surface area contributed by atoms with Crippen molar-refractivity contribution >= 4 is 5.91 Å². The van der Waals surface area contributed by atoms with Crippen LogP contribution in [0.2, 0.25) is 0 Å². The maximum absolute atomic E-state index is 11.0. The van der Waals surface area contributed by atoms with Crippen LogP contribution in [0.5, 0.6) is 11.5 Å². The third-order valence-electron chi connectivity index (χ3n) is 3.58. The third-order valence-corrected chi connectivity index (χ3v) is 3.58. The third kappa shape index (κ3) is 4.97. The lowest BCUT2D eigenvalue weighted by Crippen LogP contribution is -2.26. The molecule has 0 aromatic heterocycles. The molecule has 0 bridgehead atoms. The van der Waals surface area contributed by atoms with Crippen LogP contribution in [0.1, 0.15) is 27.6 Å². The van der Waals surface area contributed by atoms with Crippen molar-refractivity contribution in [2.24, 2.45) is 5.73 Å². The van der Waals surface area contributed by atoms with Crippen molar-refractivity contribution in [1.82, 2.24) is 5.32 Å². The average molecular weight is 330 g/mol. The van der Waals surface area contributed by atoms with Crippen molar-refractivity contribution in [2.45, 2.75) is 13.0 Å². The quantitative estimate of drug-likeness (QED) is 0.549. The highest BCUT2D eigenvalue weighted by molar-refractivity contribution is 5.95. The molecule has 128 valence electrons. The van der Waals surface area contributed by atoms with Gasteiger partial charge in [0.05, 0.1) is 11.7 Å². The Morgan fingerprint density at radius 1 is 1.25 bits per heavy atom. The van der Waals surface area contributed by atoms with E-state index in [1.807, 2.05) is 31.2 Å². The first-order chi connectivity index (χ1) is 11.5. The summed E-state index contributed by atoms with van der Waals surface area (Å²) in [6, 6.07) is 12.1. The van der Waals surface area contributed by atoms with E-state index < -0.39 is 12.0 Å². The molecule has 0 fully saturated rings. The number of carbonyl (C=O) groups is 1. The smallest absolute Gasteiger partial charge is 0.252 e. The molecule has 5 N–H and O–H groups in total. The zero-order valence-electron chi connectivity index (χ0n) is 13.5. The number of benzene rings is 2. The van der Waals surface area contributed by atoms with E-state index in [1.165, 1.54) is 12.1 Å². The van der Waals surface area contributed by atoms with Gasteiger partial charge in [-0.3, -0.25) is 4.79 Å². The molecule has 1 amide bonds. The number of hydrogen-bond donors (Lipinski definition) is 4. The van der Waals surface area contributed by atoms with Gasteiger partial charge in [-0.05, 0) is 24.6 Å². The van der Waals surface area contributed by atoms with E-state index in [0.29, 0.717) is 25.4 Å². The lowest BCUT2D eigenvalue weighted by molar-refractivity contribution is 0.0997. The molecular formula is C18H22N2O4. The van der Waals surface area contributed by atoms with Crippen LogP contribution in [0, 0.1) is 6.92 Å². The fourth-order valence-electron chi connectivity index (χ4n) is 2.20. The number of nitrogens with one attached hydrogen (secondary N) is 1. The maximum Gasteiger partial charge on any atom is 0.252 e. The van der Waals surface area contributed by atoms with Crippen molar-refractivity contribution in [3.8, 4) is 11.5 Å². The molecule has 2 rings (SSSR count). The van der Waals surface area contributed by atoms with Crippen molar-refractivity contribution in [3.63, 3.8) is 0 Å². The second kappa shape index (κ2) is 8.33. The van der Waals surface area contributed by atoms with Crippen molar-refractivity contribution in [1.29, 1.82) is 0 Å². The Balaban J connectivity index is 1.72. The van der Waals surface area contributed by atoms with Gasteiger partial charge in [-0.1, -0.05) is 29.8 Å². The van der Waals surface area contributed by atoms with Crippen molar-refractivity contribution in [3.05, 3.63) is 59.2 Å². The summed E-state index contributed by atoms with van der Waals surface area (Å²) < 4.78 is 5.47.